The fraction of sp³-hybridized carbons (Fsp3) is 0.368. The second-order valence-corrected chi connectivity index (χ2v) is 7.40. The van der Waals surface area contributed by atoms with Gasteiger partial charge in [0.1, 0.15) is 0 Å². The molecule has 110 valence electrons. The van der Waals surface area contributed by atoms with Gasteiger partial charge < -0.3 is 0 Å². The minimum absolute atomic E-state index is 0.776. The van der Waals surface area contributed by atoms with Crippen LogP contribution in [0.5, 0.6) is 0 Å². The van der Waals surface area contributed by atoms with Gasteiger partial charge in [-0.05, 0) is 53.5 Å². The van der Waals surface area contributed by atoms with E-state index in [0.29, 0.717) is 0 Å². The Bertz CT molecular complexity index is 564. The summed E-state index contributed by atoms with van der Waals surface area (Å²) in [7, 11) is 1.49. The van der Waals surface area contributed by atoms with Gasteiger partial charge in [0.2, 0.25) is 0 Å². The van der Waals surface area contributed by atoms with E-state index in [2.05, 4.69) is 67.1 Å². The van der Waals surface area contributed by atoms with E-state index in [9.17, 15) is 0 Å². The summed E-state index contributed by atoms with van der Waals surface area (Å²) in [6.45, 7) is 2.38. The Labute approximate surface area is 137 Å². The summed E-state index contributed by atoms with van der Waals surface area (Å²) in [6.07, 6.45) is 5.48. The third-order valence-corrected chi connectivity index (χ3v) is 5.81. The molecule has 3 rings (SSSR count). The average Bonchev–Trinajstić information content (AvgIpc) is 2.56. The van der Waals surface area contributed by atoms with E-state index < -0.39 is 0 Å². The zero-order chi connectivity index (χ0) is 14.7. The zero-order valence-corrected chi connectivity index (χ0v) is 14.2. The maximum Gasteiger partial charge on any atom is 0.0180 e. The molecule has 2 aromatic rings. The van der Waals surface area contributed by atoms with Crippen LogP contribution in [-0.2, 0) is 0 Å². The molecule has 0 nitrogen and oxygen atoms in total. The summed E-state index contributed by atoms with van der Waals surface area (Å²) in [6, 6.07) is 17.8. The number of hydrogen-bond acceptors (Lipinski definition) is 2. The molecule has 1 aliphatic carbocycles. The van der Waals surface area contributed by atoms with Gasteiger partial charge in [0, 0.05) is 4.90 Å². The van der Waals surface area contributed by atoms with E-state index in [-0.39, 0.29) is 0 Å². The summed E-state index contributed by atoms with van der Waals surface area (Å²) in [5, 5.41) is 0. The normalized spacial score (nSPS) is 22.2. The van der Waals surface area contributed by atoms with Gasteiger partial charge in [-0.25, -0.2) is 0 Å². The first-order valence-electron chi connectivity index (χ1n) is 7.78. The molecule has 1 aliphatic rings. The minimum atomic E-state index is 0.776. The minimum Gasteiger partial charge on any atom is -0.106 e. The van der Waals surface area contributed by atoms with Gasteiger partial charge in [0.15, 0.2) is 0 Å². The molecule has 0 radical (unpaired) electrons. The van der Waals surface area contributed by atoms with Crippen molar-refractivity contribution in [3.05, 3.63) is 54.1 Å². The molecule has 1 saturated carbocycles. The van der Waals surface area contributed by atoms with Crippen LogP contribution in [0.15, 0.2) is 53.4 Å². The average molecular weight is 315 g/mol. The van der Waals surface area contributed by atoms with Crippen molar-refractivity contribution in [1.82, 2.24) is 0 Å². The van der Waals surface area contributed by atoms with E-state index in [1.165, 1.54) is 58.1 Å². The summed E-state index contributed by atoms with van der Waals surface area (Å²) in [5.74, 6) is 1.70. The van der Waals surface area contributed by atoms with Crippen LogP contribution in [0.25, 0.3) is 11.1 Å². The van der Waals surface area contributed by atoms with Crippen molar-refractivity contribution >= 4 is 22.5 Å². The molecule has 1 fully saturated rings. The molecular weight excluding hydrogens is 292 g/mol. The molecule has 0 amide bonds. The van der Waals surface area contributed by atoms with Gasteiger partial charge in [-0.1, -0.05) is 67.0 Å². The summed E-state index contributed by atoms with van der Waals surface area (Å²) >= 11 is 4.23. The van der Waals surface area contributed by atoms with Crippen LogP contribution in [0.1, 0.15) is 44.1 Å². The molecule has 0 heterocycles. The molecule has 0 bridgehead atoms. The van der Waals surface area contributed by atoms with Crippen molar-refractivity contribution in [3.8, 4) is 11.1 Å². The van der Waals surface area contributed by atoms with Crippen LogP contribution < -0.4 is 0 Å². The first-order valence-corrected chi connectivity index (χ1v) is 9.65. The standard InChI is InChI=1S/C19H22S2/c1-14-2-4-15(5-3-14)16-6-8-17(9-7-16)18-10-12-19(21-20)13-11-18/h6-15,20H,2-5H2,1H3. The lowest BCUT2D eigenvalue weighted by molar-refractivity contribution is 0.348. The molecule has 2 aromatic carbocycles. The monoisotopic (exact) mass is 314 g/mol. The van der Waals surface area contributed by atoms with E-state index in [1.807, 2.05) is 0 Å². The molecule has 0 aliphatic heterocycles. The topological polar surface area (TPSA) is 0 Å². The molecule has 2 heteroatoms. The predicted octanol–water partition coefficient (Wildman–Crippen LogP) is 6.58. The highest BCUT2D eigenvalue weighted by molar-refractivity contribution is 8.68. The van der Waals surface area contributed by atoms with Gasteiger partial charge in [0.05, 0.1) is 0 Å². The first-order chi connectivity index (χ1) is 10.3. The van der Waals surface area contributed by atoms with Crippen molar-refractivity contribution in [2.24, 2.45) is 5.92 Å². The van der Waals surface area contributed by atoms with Crippen molar-refractivity contribution < 1.29 is 0 Å². The van der Waals surface area contributed by atoms with Gasteiger partial charge >= 0.3 is 0 Å². The van der Waals surface area contributed by atoms with Crippen LogP contribution in [0.4, 0.5) is 0 Å². The summed E-state index contributed by atoms with van der Waals surface area (Å²) in [4.78, 5) is 1.19. The Balaban J connectivity index is 1.74. The van der Waals surface area contributed by atoms with Gasteiger partial charge in [-0.2, -0.15) is 0 Å². The smallest absolute Gasteiger partial charge is 0.0180 e. The fourth-order valence-corrected chi connectivity index (χ4v) is 3.87. The lowest BCUT2D eigenvalue weighted by atomic mass is 9.79. The molecule has 0 aromatic heterocycles. The Hall–Kier alpha value is -0.860. The van der Waals surface area contributed by atoms with Gasteiger partial charge in [-0.3, -0.25) is 0 Å². The number of thiol groups is 1. The molecule has 21 heavy (non-hydrogen) atoms. The maximum absolute atomic E-state index is 4.23. The van der Waals surface area contributed by atoms with E-state index in [0.717, 1.165) is 11.8 Å². The number of benzene rings is 2. The lowest BCUT2D eigenvalue weighted by Crippen LogP contribution is -2.10. The van der Waals surface area contributed by atoms with E-state index in [1.54, 1.807) is 0 Å². The van der Waals surface area contributed by atoms with Crippen molar-refractivity contribution in [2.45, 2.75) is 43.4 Å². The Morgan fingerprint density at radius 3 is 1.86 bits per heavy atom. The summed E-state index contributed by atoms with van der Waals surface area (Å²) in [5.41, 5.74) is 4.11. The van der Waals surface area contributed by atoms with Crippen LogP contribution >= 0.6 is 22.5 Å². The second-order valence-electron chi connectivity index (χ2n) is 6.19. The SMILES string of the molecule is CC1CCC(c2ccc(-c3ccc(SS)cc3)cc2)CC1. The molecule has 0 unspecified atom stereocenters. The summed E-state index contributed by atoms with van der Waals surface area (Å²) < 4.78 is 0. The maximum atomic E-state index is 4.23. The van der Waals surface area contributed by atoms with Crippen LogP contribution in [0.2, 0.25) is 0 Å². The van der Waals surface area contributed by atoms with Crippen LogP contribution in [-0.4, -0.2) is 0 Å². The highest BCUT2D eigenvalue weighted by atomic mass is 33.1. The Kier molecular flexibility index (Phi) is 4.97. The van der Waals surface area contributed by atoms with Crippen LogP contribution in [0.3, 0.4) is 0 Å². The van der Waals surface area contributed by atoms with Gasteiger partial charge in [-0.15, -0.1) is 11.7 Å². The molecule has 0 saturated heterocycles. The molecule has 0 atom stereocenters. The van der Waals surface area contributed by atoms with E-state index >= 15 is 0 Å². The van der Waals surface area contributed by atoms with Crippen molar-refractivity contribution in [2.75, 3.05) is 0 Å². The quantitative estimate of drug-likeness (QED) is 0.493. The zero-order valence-electron chi connectivity index (χ0n) is 12.5. The first kappa shape index (κ1) is 15.1. The third-order valence-electron chi connectivity index (χ3n) is 4.69. The van der Waals surface area contributed by atoms with Crippen molar-refractivity contribution in [1.29, 1.82) is 0 Å². The highest BCUT2D eigenvalue weighted by Gasteiger charge is 2.19. The van der Waals surface area contributed by atoms with E-state index in [4.69, 9.17) is 0 Å². The molecule has 0 spiro atoms. The van der Waals surface area contributed by atoms with Crippen molar-refractivity contribution in [3.63, 3.8) is 0 Å². The Morgan fingerprint density at radius 2 is 1.33 bits per heavy atom. The second kappa shape index (κ2) is 6.93. The largest absolute Gasteiger partial charge is 0.106 e. The van der Waals surface area contributed by atoms with Gasteiger partial charge in [0.25, 0.3) is 0 Å². The number of rotatable bonds is 3. The Morgan fingerprint density at radius 1 is 0.810 bits per heavy atom. The fourth-order valence-electron chi connectivity index (χ4n) is 3.25. The predicted molar refractivity (Wildman–Crippen MR) is 97.1 cm³/mol. The van der Waals surface area contributed by atoms with Crippen LogP contribution in [0, 0.1) is 5.92 Å². The molecular formula is C19H22S2. The lowest BCUT2D eigenvalue weighted by Gasteiger charge is -2.26. The number of hydrogen-bond donors (Lipinski definition) is 1. The highest BCUT2D eigenvalue weighted by Crippen LogP contribution is 2.36. The third kappa shape index (κ3) is 3.67. The molecule has 0 N–H and O–H groups in total.